The van der Waals surface area contributed by atoms with Gasteiger partial charge in [0, 0.05) is 31.5 Å². The molecular weight excluding hydrogens is 298 g/mol. The Labute approximate surface area is 131 Å². The van der Waals surface area contributed by atoms with Crippen molar-refractivity contribution in [2.75, 3.05) is 23.7 Å². The van der Waals surface area contributed by atoms with Crippen molar-refractivity contribution in [3.05, 3.63) is 43.0 Å². The minimum Gasteiger partial charge on any atom is -0.370 e. The third-order valence-electron chi connectivity index (χ3n) is 4.33. The number of rotatable bonds is 4. The van der Waals surface area contributed by atoms with Gasteiger partial charge in [0.15, 0.2) is 9.84 Å². The summed E-state index contributed by atoms with van der Waals surface area (Å²) in [4.78, 5) is 6.75. The van der Waals surface area contributed by atoms with E-state index >= 15 is 0 Å². The maximum atomic E-state index is 12.3. The summed E-state index contributed by atoms with van der Waals surface area (Å²) in [6, 6.07) is 7.79. The Balaban J connectivity index is 1.80. The lowest BCUT2D eigenvalue weighted by molar-refractivity contribution is 0.395. The molecule has 0 saturated carbocycles. The Morgan fingerprint density at radius 2 is 1.95 bits per heavy atom. The van der Waals surface area contributed by atoms with E-state index < -0.39 is 9.84 Å². The van der Waals surface area contributed by atoms with Crippen molar-refractivity contribution >= 4 is 15.5 Å². The highest BCUT2D eigenvalue weighted by Crippen LogP contribution is 2.31. The summed E-state index contributed by atoms with van der Waals surface area (Å²) in [6.45, 7) is 3.41. The van der Waals surface area contributed by atoms with E-state index in [1.807, 2.05) is 24.7 Å². The average molecular weight is 319 g/mol. The van der Waals surface area contributed by atoms with E-state index in [1.54, 1.807) is 25.3 Å². The summed E-state index contributed by atoms with van der Waals surface area (Å²) >= 11 is 0. The number of hydrogen-bond acceptors (Lipinski definition) is 4. The van der Waals surface area contributed by atoms with Gasteiger partial charge in [-0.2, -0.15) is 0 Å². The second kappa shape index (κ2) is 6.12. The van der Waals surface area contributed by atoms with Crippen LogP contribution in [0.3, 0.4) is 0 Å². The van der Waals surface area contributed by atoms with Gasteiger partial charge in [0.1, 0.15) is 0 Å². The second-order valence-corrected chi connectivity index (χ2v) is 7.85. The minimum atomic E-state index is -3.19. The fraction of sp³-hybridized carbons (Fsp3) is 0.438. The normalized spacial score (nSPS) is 16.9. The molecule has 0 unspecified atom stereocenters. The zero-order chi connectivity index (χ0) is 15.6. The summed E-state index contributed by atoms with van der Waals surface area (Å²) < 4.78 is 26.7. The van der Waals surface area contributed by atoms with E-state index in [1.165, 1.54) is 0 Å². The molecule has 0 spiro atoms. The lowest BCUT2D eigenvalue weighted by atomic mass is 10.0. The van der Waals surface area contributed by atoms with E-state index in [9.17, 15) is 8.42 Å². The van der Waals surface area contributed by atoms with Crippen LogP contribution in [0.5, 0.6) is 0 Å². The van der Waals surface area contributed by atoms with Gasteiger partial charge in [-0.3, -0.25) is 0 Å². The average Bonchev–Trinajstić information content (AvgIpc) is 3.09. The summed E-state index contributed by atoms with van der Waals surface area (Å²) in [5, 5.41) is 0. The van der Waals surface area contributed by atoms with Crippen molar-refractivity contribution < 1.29 is 8.42 Å². The SMILES string of the molecule is CCS(=O)(=O)c1ccccc1N1CCC(n2ccnc2)CC1. The Morgan fingerprint density at radius 1 is 1.23 bits per heavy atom. The van der Waals surface area contributed by atoms with E-state index in [2.05, 4.69) is 14.5 Å². The topological polar surface area (TPSA) is 55.2 Å². The molecule has 3 rings (SSSR count). The predicted octanol–water partition coefficient (Wildman–Crippen LogP) is 2.52. The molecule has 1 aliphatic heterocycles. The van der Waals surface area contributed by atoms with Crippen molar-refractivity contribution in [1.29, 1.82) is 0 Å². The maximum Gasteiger partial charge on any atom is 0.180 e. The van der Waals surface area contributed by atoms with Gasteiger partial charge in [-0.05, 0) is 25.0 Å². The molecule has 0 N–H and O–H groups in total. The smallest absolute Gasteiger partial charge is 0.180 e. The van der Waals surface area contributed by atoms with Gasteiger partial charge in [0.05, 0.1) is 22.7 Å². The first kappa shape index (κ1) is 15.1. The number of sulfone groups is 1. The molecule has 1 aliphatic rings. The van der Waals surface area contributed by atoms with Crippen LogP contribution in [-0.4, -0.2) is 36.8 Å². The van der Waals surface area contributed by atoms with Crippen LogP contribution in [0.25, 0.3) is 0 Å². The molecule has 1 aromatic carbocycles. The molecule has 5 nitrogen and oxygen atoms in total. The highest BCUT2D eigenvalue weighted by molar-refractivity contribution is 7.91. The molecule has 1 fully saturated rings. The lowest BCUT2D eigenvalue weighted by Gasteiger charge is -2.35. The number of piperidine rings is 1. The monoisotopic (exact) mass is 319 g/mol. The van der Waals surface area contributed by atoms with Crippen LogP contribution in [0.1, 0.15) is 25.8 Å². The van der Waals surface area contributed by atoms with Crippen LogP contribution in [-0.2, 0) is 9.84 Å². The molecule has 0 bridgehead atoms. The minimum absolute atomic E-state index is 0.134. The first-order valence-electron chi connectivity index (χ1n) is 7.66. The number of para-hydroxylation sites is 1. The van der Waals surface area contributed by atoms with Crippen LogP contribution in [0.4, 0.5) is 5.69 Å². The largest absolute Gasteiger partial charge is 0.370 e. The van der Waals surface area contributed by atoms with Crippen molar-refractivity contribution in [3.63, 3.8) is 0 Å². The third-order valence-corrected chi connectivity index (χ3v) is 6.11. The first-order valence-corrected chi connectivity index (χ1v) is 9.31. The summed E-state index contributed by atoms with van der Waals surface area (Å²) in [5.41, 5.74) is 0.841. The molecule has 1 aromatic heterocycles. The van der Waals surface area contributed by atoms with Crippen LogP contribution in [0.15, 0.2) is 47.9 Å². The molecule has 0 atom stereocenters. The predicted molar refractivity (Wildman–Crippen MR) is 86.9 cm³/mol. The Morgan fingerprint density at radius 3 is 2.59 bits per heavy atom. The van der Waals surface area contributed by atoms with Gasteiger partial charge >= 0.3 is 0 Å². The van der Waals surface area contributed by atoms with Crippen molar-refractivity contribution in [2.45, 2.75) is 30.7 Å². The van der Waals surface area contributed by atoms with Gasteiger partial charge in [-0.1, -0.05) is 19.1 Å². The molecule has 0 aliphatic carbocycles. The first-order chi connectivity index (χ1) is 10.6. The third kappa shape index (κ3) is 2.88. The highest BCUT2D eigenvalue weighted by atomic mass is 32.2. The molecule has 2 aromatic rings. The summed E-state index contributed by atoms with van der Waals surface area (Å²) in [6.07, 6.45) is 7.65. The van der Waals surface area contributed by atoms with E-state index in [-0.39, 0.29) is 5.75 Å². The number of imidazole rings is 1. The van der Waals surface area contributed by atoms with Gasteiger partial charge in [0.25, 0.3) is 0 Å². The Kier molecular flexibility index (Phi) is 4.20. The van der Waals surface area contributed by atoms with Gasteiger partial charge in [0.2, 0.25) is 0 Å². The number of hydrogen-bond donors (Lipinski definition) is 0. The van der Waals surface area contributed by atoms with Crippen LogP contribution in [0, 0.1) is 0 Å². The zero-order valence-electron chi connectivity index (χ0n) is 12.7. The van der Waals surface area contributed by atoms with Crippen LogP contribution >= 0.6 is 0 Å². The molecular formula is C16H21N3O2S. The Bertz CT molecular complexity index is 718. The molecule has 2 heterocycles. The lowest BCUT2D eigenvalue weighted by Crippen LogP contribution is -2.35. The fourth-order valence-electron chi connectivity index (χ4n) is 3.03. The summed E-state index contributed by atoms with van der Waals surface area (Å²) in [7, 11) is -3.19. The van der Waals surface area contributed by atoms with Crippen LogP contribution < -0.4 is 4.90 Å². The van der Waals surface area contributed by atoms with Gasteiger partial charge in [-0.15, -0.1) is 0 Å². The molecule has 1 saturated heterocycles. The number of nitrogens with zero attached hydrogens (tertiary/aromatic N) is 3. The maximum absolute atomic E-state index is 12.3. The highest BCUT2D eigenvalue weighted by Gasteiger charge is 2.24. The standard InChI is InChI=1S/C16H21N3O2S/c1-2-22(20,21)16-6-4-3-5-15(16)18-10-7-14(8-11-18)19-12-9-17-13-19/h3-6,9,12-14H,2,7-8,10-11H2,1H3. The second-order valence-electron chi connectivity index (χ2n) is 5.60. The molecule has 6 heteroatoms. The van der Waals surface area contributed by atoms with E-state index in [0.717, 1.165) is 31.6 Å². The van der Waals surface area contributed by atoms with Crippen molar-refractivity contribution in [3.8, 4) is 0 Å². The zero-order valence-corrected chi connectivity index (χ0v) is 13.5. The molecule has 0 radical (unpaired) electrons. The number of benzene rings is 1. The van der Waals surface area contributed by atoms with E-state index in [4.69, 9.17) is 0 Å². The number of aromatic nitrogens is 2. The summed E-state index contributed by atoms with van der Waals surface area (Å²) in [5.74, 6) is 0.134. The molecule has 0 amide bonds. The Hall–Kier alpha value is -1.82. The van der Waals surface area contributed by atoms with Crippen molar-refractivity contribution in [1.82, 2.24) is 9.55 Å². The quantitative estimate of drug-likeness (QED) is 0.869. The van der Waals surface area contributed by atoms with Gasteiger partial charge < -0.3 is 9.47 Å². The van der Waals surface area contributed by atoms with Crippen molar-refractivity contribution in [2.24, 2.45) is 0 Å². The number of anilines is 1. The van der Waals surface area contributed by atoms with E-state index in [0.29, 0.717) is 10.9 Å². The van der Waals surface area contributed by atoms with Gasteiger partial charge in [-0.25, -0.2) is 13.4 Å². The molecule has 22 heavy (non-hydrogen) atoms. The molecule has 118 valence electrons. The fourth-order valence-corrected chi connectivity index (χ4v) is 4.14. The van der Waals surface area contributed by atoms with Crippen LogP contribution in [0.2, 0.25) is 0 Å².